The Balaban J connectivity index is 1.36. The van der Waals surface area contributed by atoms with Crippen LogP contribution in [-0.4, -0.2) is 61.1 Å². The predicted octanol–water partition coefficient (Wildman–Crippen LogP) is 3.91. The van der Waals surface area contributed by atoms with E-state index in [0.29, 0.717) is 24.9 Å². The summed E-state index contributed by atoms with van der Waals surface area (Å²) in [6.07, 6.45) is 3.84. The summed E-state index contributed by atoms with van der Waals surface area (Å²) in [5.74, 6) is -0.721. The lowest BCUT2D eigenvalue weighted by atomic mass is 10.1. The van der Waals surface area contributed by atoms with E-state index >= 15 is 0 Å². The maximum Gasteiger partial charge on any atom is 0.319 e. The van der Waals surface area contributed by atoms with Gasteiger partial charge in [-0.15, -0.1) is 11.3 Å². The Morgan fingerprint density at radius 2 is 2.03 bits per heavy atom. The molecule has 0 bridgehead atoms. The summed E-state index contributed by atoms with van der Waals surface area (Å²) in [7, 11) is -3.53. The Hall–Kier alpha value is -2.89. The van der Waals surface area contributed by atoms with Crippen LogP contribution in [0.4, 0.5) is 4.39 Å². The number of aromatic nitrogens is 2. The summed E-state index contributed by atoms with van der Waals surface area (Å²) in [5.41, 5.74) is 0.570. The number of benzene rings is 1. The molecule has 4 rings (SSSR count). The van der Waals surface area contributed by atoms with Crippen LogP contribution in [0, 0.1) is 12.7 Å². The minimum atomic E-state index is -3.53. The van der Waals surface area contributed by atoms with Crippen LogP contribution in [0.5, 0.6) is 17.6 Å². The van der Waals surface area contributed by atoms with Gasteiger partial charge in [0.1, 0.15) is 6.10 Å². The molecule has 0 radical (unpaired) electrons. The van der Waals surface area contributed by atoms with E-state index in [4.69, 9.17) is 9.47 Å². The summed E-state index contributed by atoms with van der Waals surface area (Å²) in [6, 6.07) is 7.26. The molecule has 2 aromatic heterocycles. The summed E-state index contributed by atoms with van der Waals surface area (Å²) in [5, 5.41) is 1.89. The Morgan fingerprint density at radius 3 is 2.68 bits per heavy atom. The van der Waals surface area contributed by atoms with E-state index < -0.39 is 15.7 Å². The number of rotatable bonds is 8. The van der Waals surface area contributed by atoms with Crippen molar-refractivity contribution in [1.82, 2.24) is 14.9 Å². The largest absolute Gasteiger partial charge is 0.460 e. The van der Waals surface area contributed by atoms with Crippen LogP contribution < -0.4 is 9.47 Å². The van der Waals surface area contributed by atoms with Crippen molar-refractivity contribution in [3.05, 3.63) is 58.2 Å². The third-order valence-electron chi connectivity index (χ3n) is 5.41. The van der Waals surface area contributed by atoms with Gasteiger partial charge >= 0.3 is 6.01 Å². The number of hydrogen-bond acceptors (Lipinski definition) is 9. The van der Waals surface area contributed by atoms with Crippen molar-refractivity contribution in [1.29, 1.82) is 0 Å². The minimum Gasteiger partial charge on any atom is -0.460 e. The number of halogens is 1. The first-order valence-corrected chi connectivity index (χ1v) is 13.4. The van der Waals surface area contributed by atoms with Gasteiger partial charge in [-0.1, -0.05) is 6.07 Å². The normalized spacial score (nSPS) is 15.3. The van der Waals surface area contributed by atoms with Crippen LogP contribution in [0.1, 0.15) is 28.1 Å². The number of ketones is 1. The number of thiophene rings is 1. The van der Waals surface area contributed by atoms with Crippen LogP contribution in [0.15, 0.2) is 46.8 Å². The average molecular weight is 506 g/mol. The Bertz CT molecular complexity index is 1270. The quantitative estimate of drug-likeness (QED) is 0.425. The summed E-state index contributed by atoms with van der Waals surface area (Å²) < 4.78 is 49.1. The second-order valence-corrected chi connectivity index (χ2v) is 11.1. The van der Waals surface area contributed by atoms with Crippen LogP contribution in [0.3, 0.4) is 0 Å². The molecule has 1 aliphatic heterocycles. The van der Waals surface area contributed by atoms with Crippen molar-refractivity contribution >= 4 is 27.0 Å². The Kier molecular flexibility index (Phi) is 7.24. The molecule has 0 aliphatic carbocycles. The molecule has 0 saturated carbocycles. The monoisotopic (exact) mass is 505 g/mol. The van der Waals surface area contributed by atoms with E-state index in [1.807, 2.05) is 17.5 Å². The van der Waals surface area contributed by atoms with Gasteiger partial charge in [0.05, 0.1) is 16.3 Å². The molecule has 34 heavy (non-hydrogen) atoms. The lowest BCUT2D eigenvalue weighted by Gasteiger charge is -2.31. The molecule has 1 saturated heterocycles. The lowest BCUT2D eigenvalue weighted by molar-refractivity contribution is 0.0763. The molecule has 3 aromatic rings. The van der Waals surface area contributed by atoms with Crippen molar-refractivity contribution in [3.8, 4) is 17.6 Å². The first-order chi connectivity index (χ1) is 16.2. The van der Waals surface area contributed by atoms with E-state index in [-0.39, 0.29) is 34.4 Å². The first-order valence-electron chi connectivity index (χ1n) is 10.7. The van der Waals surface area contributed by atoms with Gasteiger partial charge in [0.25, 0.3) is 0 Å². The van der Waals surface area contributed by atoms with Gasteiger partial charge in [-0.25, -0.2) is 17.8 Å². The second-order valence-electron chi connectivity index (χ2n) is 8.10. The molecule has 3 heterocycles. The maximum absolute atomic E-state index is 14.4. The topological polar surface area (TPSA) is 98.7 Å². The molecule has 8 nitrogen and oxygen atoms in total. The molecular formula is C23H24FN3O5S2. The molecular weight excluding hydrogens is 481 g/mol. The number of sulfone groups is 1. The number of Topliss-reactive ketones (excluding diaryl/α,β-unsaturated/α-hetero) is 1. The fraction of sp³-hybridized carbons (Fsp3) is 0.348. The number of piperidine rings is 1. The molecule has 1 aromatic carbocycles. The van der Waals surface area contributed by atoms with Crippen LogP contribution in [-0.2, 0) is 9.84 Å². The molecule has 1 fully saturated rings. The molecule has 0 atom stereocenters. The first kappa shape index (κ1) is 24.2. The summed E-state index contributed by atoms with van der Waals surface area (Å²) in [6.45, 7) is 3.53. The fourth-order valence-electron chi connectivity index (χ4n) is 3.52. The zero-order chi connectivity index (χ0) is 24.3. The van der Waals surface area contributed by atoms with Crippen molar-refractivity contribution < 1.29 is 27.1 Å². The number of hydrogen-bond donors (Lipinski definition) is 0. The highest BCUT2D eigenvalue weighted by atomic mass is 32.2. The molecule has 1 aliphatic rings. The highest BCUT2D eigenvalue weighted by Gasteiger charge is 2.24. The zero-order valence-corrected chi connectivity index (χ0v) is 20.4. The Morgan fingerprint density at radius 1 is 1.26 bits per heavy atom. The van der Waals surface area contributed by atoms with Gasteiger partial charge in [0, 0.05) is 31.1 Å². The Labute approximate surface area is 201 Å². The van der Waals surface area contributed by atoms with Gasteiger partial charge < -0.3 is 9.47 Å². The number of carbonyl (C=O) groups excluding carboxylic acids is 1. The third-order valence-corrected chi connectivity index (χ3v) is 7.43. The molecule has 0 unspecified atom stereocenters. The van der Waals surface area contributed by atoms with Gasteiger partial charge in [-0.3, -0.25) is 9.69 Å². The van der Waals surface area contributed by atoms with Gasteiger partial charge in [0.2, 0.25) is 5.88 Å². The SMILES string of the molecule is Cc1cnc(OC2CCN(CC(=O)c3cccs3)CC2)nc1Oc1ccc(S(C)(=O)=O)cc1F. The summed E-state index contributed by atoms with van der Waals surface area (Å²) >= 11 is 1.45. The van der Waals surface area contributed by atoms with Crippen molar-refractivity contribution in [3.63, 3.8) is 0 Å². The van der Waals surface area contributed by atoms with E-state index in [0.717, 1.165) is 30.3 Å². The molecule has 0 spiro atoms. The van der Waals surface area contributed by atoms with Crippen molar-refractivity contribution in [2.45, 2.75) is 30.8 Å². The van der Waals surface area contributed by atoms with Crippen LogP contribution in [0.2, 0.25) is 0 Å². The van der Waals surface area contributed by atoms with E-state index in [1.54, 1.807) is 6.92 Å². The number of nitrogens with zero attached hydrogens (tertiary/aromatic N) is 3. The highest BCUT2D eigenvalue weighted by Crippen LogP contribution is 2.28. The third kappa shape index (κ3) is 5.96. The molecule has 11 heteroatoms. The van der Waals surface area contributed by atoms with E-state index in [1.165, 1.54) is 29.7 Å². The number of carbonyl (C=O) groups is 1. The standard InChI is InChI=1S/C23H24FN3O5S2/c1-15-13-25-23(26-22(15)32-20-6-5-17(12-18(20)24)34(2,29)30)31-16-7-9-27(10-8-16)14-19(28)21-4-3-11-33-21/h3-6,11-13,16H,7-10,14H2,1-2H3. The second kappa shape index (κ2) is 10.2. The minimum absolute atomic E-state index is 0.113. The number of aryl methyl sites for hydroxylation is 1. The van der Waals surface area contributed by atoms with E-state index in [9.17, 15) is 17.6 Å². The van der Waals surface area contributed by atoms with Crippen LogP contribution >= 0.6 is 11.3 Å². The number of ether oxygens (including phenoxy) is 2. The van der Waals surface area contributed by atoms with Gasteiger partial charge in [-0.05, 0) is 49.4 Å². The predicted molar refractivity (Wildman–Crippen MR) is 125 cm³/mol. The number of likely N-dealkylation sites (tertiary alicyclic amines) is 1. The van der Waals surface area contributed by atoms with Crippen molar-refractivity contribution in [2.75, 3.05) is 25.9 Å². The van der Waals surface area contributed by atoms with Crippen LogP contribution in [0.25, 0.3) is 0 Å². The molecule has 0 N–H and O–H groups in total. The molecule has 0 amide bonds. The van der Waals surface area contributed by atoms with Gasteiger partial charge in [-0.2, -0.15) is 4.98 Å². The summed E-state index contributed by atoms with van der Waals surface area (Å²) in [4.78, 5) is 23.5. The fourth-order valence-corrected chi connectivity index (χ4v) is 4.81. The molecule has 180 valence electrons. The van der Waals surface area contributed by atoms with Gasteiger partial charge in [0.15, 0.2) is 27.2 Å². The lowest BCUT2D eigenvalue weighted by Crippen LogP contribution is -2.40. The van der Waals surface area contributed by atoms with Crippen molar-refractivity contribution in [2.24, 2.45) is 0 Å². The average Bonchev–Trinajstić information content (AvgIpc) is 3.33. The highest BCUT2D eigenvalue weighted by molar-refractivity contribution is 7.90. The maximum atomic E-state index is 14.4. The zero-order valence-electron chi connectivity index (χ0n) is 18.7. The smallest absolute Gasteiger partial charge is 0.319 e. The van der Waals surface area contributed by atoms with E-state index in [2.05, 4.69) is 14.9 Å².